The minimum Gasteiger partial charge on any atom is -0.505 e. The van der Waals surface area contributed by atoms with E-state index in [1.54, 1.807) is 25.1 Å². The van der Waals surface area contributed by atoms with Crippen LogP contribution < -0.4 is 5.73 Å². The first-order chi connectivity index (χ1) is 6.15. The van der Waals surface area contributed by atoms with Crippen LogP contribution in [0.25, 0.3) is 6.08 Å². The zero-order chi connectivity index (χ0) is 9.84. The number of phenols is 1. The van der Waals surface area contributed by atoms with Gasteiger partial charge in [-0.05, 0) is 24.6 Å². The van der Waals surface area contributed by atoms with Crippen molar-refractivity contribution in [2.45, 2.75) is 6.92 Å². The monoisotopic (exact) mass is 181 g/mol. The molecule has 3 N–H and O–H groups in total. The molecule has 0 amide bonds. The minimum absolute atomic E-state index is 0.323. The third kappa shape index (κ3) is 2.29. The van der Waals surface area contributed by atoms with Crippen molar-refractivity contribution in [2.24, 2.45) is 5.73 Å². The molecule has 1 aromatic rings. The summed E-state index contributed by atoms with van der Waals surface area (Å²) in [7, 11) is 0. The van der Waals surface area contributed by atoms with E-state index in [0.29, 0.717) is 12.1 Å². The molecule has 0 aliphatic rings. The number of nitrogens with two attached hydrogens (primary N) is 1. The normalized spacial score (nSPS) is 11.0. The van der Waals surface area contributed by atoms with E-state index in [1.807, 2.05) is 0 Å². The quantitative estimate of drug-likeness (QED) is 0.730. The fourth-order valence-electron chi connectivity index (χ4n) is 1.09. The van der Waals surface area contributed by atoms with E-state index >= 15 is 0 Å². The summed E-state index contributed by atoms with van der Waals surface area (Å²) < 4.78 is 13.2. The third-order valence-corrected chi connectivity index (χ3v) is 1.66. The molecular weight excluding hydrogens is 169 g/mol. The summed E-state index contributed by atoms with van der Waals surface area (Å²) in [5.74, 6) is -0.924. The standard InChI is InChI=1S/C10H12FNO/c1-7-5-8(3-2-4-12)10(11)9(13)6-7/h2-3,5-6,13H,4,12H2,1H3/b3-2+. The number of phenolic OH excluding ortho intramolecular Hbond substituents is 1. The Morgan fingerprint density at radius 1 is 1.54 bits per heavy atom. The number of hydrogen-bond acceptors (Lipinski definition) is 2. The van der Waals surface area contributed by atoms with Crippen LogP contribution in [0.1, 0.15) is 11.1 Å². The largest absolute Gasteiger partial charge is 0.505 e. The Kier molecular flexibility index (Phi) is 3.03. The van der Waals surface area contributed by atoms with Gasteiger partial charge in [0.1, 0.15) is 0 Å². The van der Waals surface area contributed by atoms with Crippen LogP contribution in [0.15, 0.2) is 18.2 Å². The van der Waals surface area contributed by atoms with Gasteiger partial charge in [0.2, 0.25) is 0 Å². The summed E-state index contributed by atoms with van der Waals surface area (Å²) in [4.78, 5) is 0. The summed E-state index contributed by atoms with van der Waals surface area (Å²) in [5.41, 5.74) is 6.41. The Morgan fingerprint density at radius 3 is 2.85 bits per heavy atom. The second-order valence-corrected chi connectivity index (χ2v) is 2.83. The lowest BCUT2D eigenvalue weighted by Gasteiger charge is -2.01. The Labute approximate surface area is 76.5 Å². The van der Waals surface area contributed by atoms with E-state index in [-0.39, 0.29) is 5.75 Å². The van der Waals surface area contributed by atoms with Crippen molar-refractivity contribution in [2.75, 3.05) is 6.54 Å². The molecule has 70 valence electrons. The molecule has 0 bridgehead atoms. The van der Waals surface area contributed by atoms with Crippen LogP contribution >= 0.6 is 0 Å². The molecule has 0 aromatic heterocycles. The van der Waals surface area contributed by atoms with Crippen molar-refractivity contribution in [1.29, 1.82) is 0 Å². The fraction of sp³-hybridized carbons (Fsp3) is 0.200. The van der Waals surface area contributed by atoms with Crippen molar-refractivity contribution in [1.82, 2.24) is 0 Å². The molecule has 0 fully saturated rings. The van der Waals surface area contributed by atoms with Crippen LogP contribution in [-0.2, 0) is 0 Å². The van der Waals surface area contributed by atoms with Crippen LogP contribution in [0, 0.1) is 12.7 Å². The summed E-state index contributed by atoms with van der Waals surface area (Å²) in [6, 6.07) is 3.04. The number of benzene rings is 1. The van der Waals surface area contributed by atoms with Crippen molar-refractivity contribution < 1.29 is 9.50 Å². The molecule has 1 rings (SSSR count). The molecule has 0 atom stereocenters. The average molecular weight is 181 g/mol. The zero-order valence-electron chi connectivity index (χ0n) is 7.42. The van der Waals surface area contributed by atoms with Crippen molar-refractivity contribution in [3.8, 4) is 5.75 Å². The molecule has 0 saturated heterocycles. The molecule has 13 heavy (non-hydrogen) atoms. The van der Waals surface area contributed by atoms with Crippen molar-refractivity contribution in [3.05, 3.63) is 35.2 Å². The molecule has 0 unspecified atom stereocenters. The molecule has 0 spiro atoms. The smallest absolute Gasteiger partial charge is 0.172 e. The summed E-state index contributed by atoms with van der Waals surface area (Å²) in [6.07, 6.45) is 3.19. The summed E-state index contributed by atoms with van der Waals surface area (Å²) >= 11 is 0. The van der Waals surface area contributed by atoms with Crippen LogP contribution in [0.2, 0.25) is 0 Å². The number of rotatable bonds is 2. The maximum atomic E-state index is 13.2. The van der Waals surface area contributed by atoms with Gasteiger partial charge in [-0.15, -0.1) is 0 Å². The molecule has 1 aromatic carbocycles. The predicted molar refractivity (Wildman–Crippen MR) is 50.9 cm³/mol. The van der Waals surface area contributed by atoms with Gasteiger partial charge in [0, 0.05) is 12.1 Å². The summed E-state index contributed by atoms with van der Waals surface area (Å²) in [6.45, 7) is 2.15. The van der Waals surface area contributed by atoms with Gasteiger partial charge < -0.3 is 10.8 Å². The fourth-order valence-corrected chi connectivity index (χ4v) is 1.09. The van der Waals surface area contributed by atoms with Gasteiger partial charge in [-0.3, -0.25) is 0 Å². The Balaban J connectivity index is 3.12. The molecule has 0 heterocycles. The second kappa shape index (κ2) is 4.05. The first-order valence-electron chi connectivity index (χ1n) is 4.01. The van der Waals surface area contributed by atoms with Gasteiger partial charge in [0.25, 0.3) is 0 Å². The highest BCUT2D eigenvalue weighted by Crippen LogP contribution is 2.22. The molecule has 3 heteroatoms. The molecule has 0 aliphatic heterocycles. The van der Waals surface area contributed by atoms with Gasteiger partial charge in [0.15, 0.2) is 11.6 Å². The van der Waals surface area contributed by atoms with E-state index in [2.05, 4.69) is 0 Å². The highest BCUT2D eigenvalue weighted by atomic mass is 19.1. The van der Waals surface area contributed by atoms with Crippen LogP contribution in [0.5, 0.6) is 5.75 Å². The number of aryl methyl sites for hydroxylation is 1. The molecule has 0 saturated carbocycles. The Morgan fingerprint density at radius 2 is 2.23 bits per heavy atom. The van der Waals surface area contributed by atoms with E-state index in [4.69, 9.17) is 10.8 Å². The maximum absolute atomic E-state index is 13.2. The minimum atomic E-state index is -0.602. The lowest BCUT2D eigenvalue weighted by Crippen LogP contribution is -1.93. The highest BCUT2D eigenvalue weighted by molar-refractivity contribution is 5.54. The maximum Gasteiger partial charge on any atom is 0.172 e. The first-order valence-corrected chi connectivity index (χ1v) is 4.01. The third-order valence-electron chi connectivity index (χ3n) is 1.66. The predicted octanol–water partition coefficient (Wildman–Crippen LogP) is 1.81. The highest BCUT2D eigenvalue weighted by Gasteiger charge is 2.05. The number of aromatic hydroxyl groups is 1. The Hall–Kier alpha value is -1.35. The summed E-state index contributed by atoms with van der Waals surface area (Å²) in [5, 5.41) is 9.14. The van der Waals surface area contributed by atoms with Crippen molar-refractivity contribution in [3.63, 3.8) is 0 Å². The number of hydrogen-bond donors (Lipinski definition) is 2. The van der Waals surface area contributed by atoms with Gasteiger partial charge in [-0.1, -0.05) is 12.2 Å². The van der Waals surface area contributed by atoms with Crippen LogP contribution in [0.4, 0.5) is 4.39 Å². The Bertz CT molecular complexity index is 334. The topological polar surface area (TPSA) is 46.2 Å². The molecule has 0 radical (unpaired) electrons. The van der Waals surface area contributed by atoms with Crippen LogP contribution in [0.3, 0.4) is 0 Å². The van der Waals surface area contributed by atoms with E-state index in [0.717, 1.165) is 5.56 Å². The lowest BCUT2D eigenvalue weighted by molar-refractivity contribution is 0.431. The van der Waals surface area contributed by atoms with E-state index < -0.39 is 5.82 Å². The molecular formula is C10H12FNO. The van der Waals surface area contributed by atoms with Crippen LogP contribution in [-0.4, -0.2) is 11.7 Å². The molecule has 0 aliphatic carbocycles. The van der Waals surface area contributed by atoms with Gasteiger partial charge in [-0.25, -0.2) is 4.39 Å². The number of halogens is 1. The lowest BCUT2D eigenvalue weighted by atomic mass is 10.1. The van der Waals surface area contributed by atoms with Gasteiger partial charge in [-0.2, -0.15) is 0 Å². The van der Waals surface area contributed by atoms with E-state index in [9.17, 15) is 4.39 Å². The SMILES string of the molecule is Cc1cc(O)c(F)c(/C=C/CN)c1. The van der Waals surface area contributed by atoms with Gasteiger partial charge in [0.05, 0.1) is 0 Å². The van der Waals surface area contributed by atoms with Crippen molar-refractivity contribution >= 4 is 6.08 Å². The van der Waals surface area contributed by atoms with E-state index in [1.165, 1.54) is 6.07 Å². The first kappa shape index (κ1) is 9.74. The van der Waals surface area contributed by atoms with Gasteiger partial charge >= 0.3 is 0 Å². The second-order valence-electron chi connectivity index (χ2n) is 2.83. The average Bonchev–Trinajstić information content (AvgIpc) is 2.09. The zero-order valence-corrected chi connectivity index (χ0v) is 7.42. The molecule has 2 nitrogen and oxygen atoms in total.